The molecule has 168 valence electrons. The molecule has 5 rings (SSSR count). The van der Waals surface area contributed by atoms with E-state index in [0.717, 1.165) is 32.4 Å². The Labute approximate surface area is 195 Å². The van der Waals surface area contributed by atoms with Gasteiger partial charge in [-0.15, -0.1) is 0 Å². The van der Waals surface area contributed by atoms with E-state index in [4.69, 9.17) is 5.26 Å². The highest BCUT2D eigenvalue weighted by Crippen LogP contribution is 2.25. The molecule has 1 aliphatic heterocycles. The Bertz CT molecular complexity index is 1420. The van der Waals surface area contributed by atoms with Gasteiger partial charge in [0, 0.05) is 31.0 Å². The molecule has 4 aromatic rings. The van der Waals surface area contributed by atoms with Gasteiger partial charge in [0.2, 0.25) is 5.95 Å². The molecule has 0 unspecified atom stereocenters. The number of aromatic nitrogens is 4. The number of nitrogens with one attached hydrogen (secondary N) is 1. The molecule has 4 heterocycles. The summed E-state index contributed by atoms with van der Waals surface area (Å²) >= 11 is 0. The molecule has 1 fully saturated rings. The van der Waals surface area contributed by atoms with E-state index in [-0.39, 0.29) is 11.9 Å². The number of anilines is 1. The van der Waals surface area contributed by atoms with Gasteiger partial charge < -0.3 is 4.90 Å². The summed E-state index contributed by atoms with van der Waals surface area (Å²) in [6, 6.07) is 13.8. The number of rotatable bonds is 4. The molecule has 9 nitrogen and oxygen atoms in total. The second-order valence-electron chi connectivity index (χ2n) is 8.05. The van der Waals surface area contributed by atoms with Gasteiger partial charge in [-0.25, -0.2) is 9.97 Å². The Balaban J connectivity index is 1.55. The van der Waals surface area contributed by atoms with Crippen molar-refractivity contribution in [1.82, 2.24) is 24.4 Å². The maximum Gasteiger partial charge on any atom is 0.258 e. The summed E-state index contributed by atoms with van der Waals surface area (Å²) < 4.78 is 1.68. The topological polar surface area (TPSA) is 117 Å². The molecule has 34 heavy (non-hydrogen) atoms. The van der Waals surface area contributed by atoms with Gasteiger partial charge in [0.05, 0.1) is 29.1 Å². The fourth-order valence-corrected chi connectivity index (χ4v) is 4.08. The van der Waals surface area contributed by atoms with Crippen LogP contribution in [-0.4, -0.2) is 49.3 Å². The van der Waals surface area contributed by atoms with Gasteiger partial charge in [-0.2, -0.15) is 5.26 Å². The minimum atomic E-state index is -0.415. The first-order valence-corrected chi connectivity index (χ1v) is 11.0. The Hall–Kier alpha value is -4.58. The maximum absolute atomic E-state index is 13.0. The smallest absolute Gasteiger partial charge is 0.258 e. The minimum Gasteiger partial charge on any atom is -0.339 e. The number of nitriles is 1. The van der Waals surface area contributed by atoms with Crippen LogP contribution in [-0.2, 0) is 0 Å². The summed E-state index contributed by atoms with van der Waals surface area (Å²) in [6.07, 6.45) is 7.98. The SMILES string of the molecule is N#Cc1cccc(C(=O)Nc2nc3cc(C(=O)N4CCCCC4)cnc3n2-c2cccnc2)c1. The molecular weight excluding hydrogens is 430 g/mol. The number of pyridine rings is 2. The third kappa shape index (κ3) is 4.09. The van der Waals surface area contributed by atoms with Crippen LogP contribution in [0.4, 0.5) is 5.95 Å². The molecule has 1 saturated heterocycles. The molecule has 0 radical (unpaired) electrons. The van der Waals surface area contributed by atoms with Crippen LogP contribution in [0.2, 0.25) is 0 Å². The van der Waals surface area contributed by atoms with E-state index in [2.05, 4.69) is 20.3 Å². The number of hydrogen-bond donors (Lipinski definition) is 1. The number of carbonyl (C=O) groups excluding carboxylic acids is 2. The van der Waals surface area contributed by atoms with Crippen LogP contribution in [0, 0.1) is 11.3 Å². The van der Waals surface area contributed by atoms with Crippen molar-refractivity contribution in [3.8, 4) is 11.8 Å². The number of likely N-dealkylation sites (tertiary alicyclic amines) is 1. The number of imidazole rings is 1. The molecule has 1 aliphatic rings. The van der Waals surface area contributed by atoms with Crippen molar-refractivity contribution in [2.45, 2.75) is 19.3 Å². The fourth-order valence-electron chi connectivity index (χ4n) is 4.08. The number of nitrogens with zero attached hydrogens (tertiary/aromatic N) is 6. The fraction of sp³-hybridized carbons (Fsp3) is 0.200. The van der Waals surface area contributed by atoms with E-state index in [1.54, 1.807) is 53.5 Å². The summed E-state index contributed by atoms with van der Waals surface area (Å²) in [5.41, 5.74) is 2.81. The molecule has 1 aromatic carbocycles. The summed E-state index contributed by atoms with van der Waals surface area (Å²) in [6.45, 7) is 1.48. The monoisotopic (exact) mass is 451 g/mol. The summed E-state index contributed by atoms with van der Waals surface area (Å²) in [5.74, 6) is -0.239. The number of fused-ring (bicyclic) bond motifs is 1. The average Bonchev–Trinajstić information content (AvgIpc) is 3.26. The highest BCUT2D eigenvalue weighted by molar-refractivity contribution is 6.04. The average molecular weight is 451 g/mol. The van der Waals surface area contributed by atoms with Crippen LogP contribution in [0.15, 0.2) is 61.1 Å². The van der Waals surface area contributed by atoms with Crippen LogP contribution in [0.3, 0.4) is 0 Å². The quantitative estimate of drug-likeness (QED) is 0.507. The lowest BCUT2D eigenvalue weighted by Gasteiger charge is -2.26. The third-order valence-corrected chi connectivity index (χ3v) is 5.77. The van der Waals surface area contributed by atoms with Gasteiger partial charge in [-0.05, 0) is 55.7 Å². The molecule has 1 N–H and O–H groups in total. The zero-order chi connectivity index (χ0) is 23.5. The second kappa shape index (κ2) is 9.11. The molecule has 0 aliphatic carbocycles. The molecular formula is C25H21N7O2. The van der Waals surface area contributed by atoms with Crippen LogP contribution < -0.4 is 5.32 Å². The predicted octanol–water partition coefficient (Wildman–Crippen LogP) is 3.57. The first-order chi connectivity index (χ1) is 16.6. The maximum atomic E-state index is 13.0. The summed E-state index contributed by atoms with van der Waals surface area (Å²) in [4.78, 5) is 41.1. The lowest BCUT2D eigenvalue weighted by molar-refractivity contribution is 0.0724. The minimum absolute atomic E-state index is 0.0658. The molecule has 0 bridgehead atoms. The molecule has 9 heteroatoms. The van der Waals surface area contributed by atoms with Gasteiger partial charge in [0.15, 0.2) is 5.65 Å². The lowest BCUT2D eigenvalue weighted by Crippen LogP contribution is -2.35. The molecule has 2 amide bonds. The van der Waals surface area contributed by atoms with Crippen molar-refractivity contribution in [3.63, 3.8) is 0 Å². The van der Waals surface area contributed by atoms with E-state index < -0.39 is 5.91 Å². The Kier molecular flexibility index (Phi) is 5.70. The van der Waals surface area contributed by atoms with Crippen molar-refractivity contribution in [2.75, 3.05) is 18.4 Å². The first kappa shape index (κ1) is 21.3. The number of hydrogen-bond acceptors (Lipinski definition) is 6. The summed E-state index contributed by atoms with van der Waals surface area (Å²) in [5, 5.41) is 12.0. The molecule has 0 spiro atoms. The zero-order valence-corrected chi connectivity index (χ0v) is 18.3. The van der Waals surface area contributed by atoms with Gasteiger partial charge >= 0.3 is 0 Å². The van der Waals surface area contributed by atoms with Crippen LogP contribution in [0.25, 0.3) is 16.9 Å². The number of benzene rings is 1. The molecule has 0 atom stereocenters. The van der Waals surface area contributed by atoms with Crippen molar-refractivity contribution in [2.24, 2.45) is 0 Å². The van der Waals surface area contributed by atoms with Crippen LogP contribution in [0.1, 0.15) is 45.5 Å². The standard InChI is InChI=1S/C25H21N7O2/c26-14-17-6-4-7-18(12-17)23(33)30-25-29-21-13-19(24(34)31-10-2-1-3-11-31)15-28-22(21)32(25)20-8-5-9-27-16-20/h4-9,12-13,15-16H,1-3,10-11H2,(H,29,30,33). The first-order valence-electron chi connectivity index (χ1n) is 11.0. The van der Waals surface area contributed by atoms with E-state index in [1.165, 1.54) is 6.07 Å². The highest BCUT2D eigenvalue weighted by atomic mass is 16.2. The third-order valence-electron chi connectivity index (χ3n) is 5.77. The van der Waals surface area contributed by atoms with E-state index in [0.29, 0.717) is 33.5 Å². The highest BCUT2D eigenvalue weighted by Gasteiger charge is 2.22. The lowest BCUT2D eigenvalue weighted by atomic mass is 10.1. The van der Waals surface area contributed by atoms with Gasteiger partial charge in [-0.1, -0.05) is 6.07 Å². The van der Waals surface area contributed by atoms with Crippen molar-refractivity contribution >= 4 is 28.9 Å². The number of piperidine rings is 1. The van der Waals surface area contributed by atoms with E-state index in [1.807, 2.05) is 17.0 Å². The van der Waals surface area contributed by atoms with Crippen LogP contribution >= 0.6 is 0 Å². The largest absolute Gasteiger partial charge is 0.339 e. The van der Waals surface area contributed by atoms with E-state index >= 15 is 0 Å². The number of amides is 2. The zero-order valence-electron chi connectivity index (χ0n) is 18.3. The van der Waals surface area contributed by atoms with E-state index in [9.17, 15) is 9.59 Å². The molecule has 0 saturated carbocycles. The van der Waals surface area contributed by atoms with Gasteiger partial charge in [-0.3, -0.25) is 24.5 Å². The second-order valence-corrected chi connectivity index (χ2v) is 8.05. The van der Waals surface area contributed by atoms with Gasteiger partial charge in [0.25, 0.3) is 11.8 Å². The Morgan fingerprint density at radius 1 is 1.00 bits per heavy atom. The Morgan fingerprint density at radius 3 is 2.62 bits per heavy atom. The van der Waals surface area contributed by atoms with Crippen molar-refractivity contribution in [3.05, 3.63) is 77.7 Å². The van der Waals surface area contributed by atoms with Crippen molar-refractivity contribution in [1.29, 1.82) is 5.26 Å². The normalized spacial score (nSPS) is 13.4. The van der Waals surface area contributed by atoms with Crippen molar-refractivity contribution < 1.29 is 9.59 Å². The van der Waals surface area contributed by atoms with Crippen LogP contribution in [0.5, 0.6) is 0 Å². The van der Waals surface area contributed by atoms with Gasteiger partial charge in [0.1, 0.15) is 5.52 Å². The molecule has 3 aromatic heterocycles. The number of carbonyl (C=O) groups is 2. The summed E-state index contributed by atoms with van der Waals surface area (Å²) in [7, 11) is 0. The predicted molar refractivity (Wildman–Crippen MR) is 126 cm³/mol. The Morgan fingerprint density at radius 2 is 1.85 bits per heavy atom.